The molecule has 0 fully saturated rings. The number of hydrogen-bond donors (Lipinski definition) is 2. The third kappa shape index (κ3) is 4.00. The second-order valence-corrected chi connectivity index (χ2v) is 4.53. The van der Waals surface area contributed by atoms with Gasteiger partial charge in [0.25, 0.3) is 0 Å². The van der Waals surface area contributed by atoms with Crippen molar-refractivity contribution in [3.63, 3.8) is 0 Å². The molecule has 0 bridgehead atoms. The molecule has 4 heteroatoms. The molecular weight excluding hydrogens is 226 g/mol. The Hall–Kier alpha value is -0.770. The van der Waals surface area contributed by atoms with Crippen LogP contribution in [0.3, 0.4) is 0 Å². The van der Waals surface area contributed by atoms with Gasteiger partial charge in [0.15, 0.2) is 0 Å². The van der Waals surface area contributed by atoms with Gasteiger partial charge in [-0.15, -0.1) is 0 Å². The molecule has 3 nitrogen and oxygen atoms in total. The number of nitrogens with one attached hydrogen (secondary N) is 1. The van der Waals surface area contributed by atoms with Crippen LogP contribution < -0.4 is 5.32 Å². The first-order valence-corrected chi connectivity index (χ1v) is 5.61. The molecule has 16 heavy (non-hydrogen) atoms. The second-order valence-electron chi connectivity index (χ2n) is 4.09. The van der Waals surface area contributed by atoms with E-state index in [0.29, 0.717) is 11.6 Å². The molecule has 90 valence electrons. The number of anilines is 1. The monoisotopic (exact) mass is 243 g/mol. The van der Waals surface area contributed by atoms with E-state index in [4.69, 9.17) is 16.3 Å². The number of hydrogen-bond acceptors (Lipinski definition) is 3. The first-order valence-electron chi connectivity index (χ1n) is 5.23. The topological polar surface area (TPSA) is 41.5 Å². The largest absolute Gasteiger partial charge is 0.394 e. The van der Waals surface area contributed by atoms with Gasteiger partial charge in [-0.05, 0) is 37.6 Å². The van der Waals surface area contributed by atoms with E-state index in [1.807, 2.05) is 31.2 Å². The van der Waals surface area contributed by atoms with E-state index in [0.717, 1.165) is 12.1 Å². The molecule has 0 saturated carbocycles. The van der Waals surface area contributed by atoms with Crippen LogP contribution in [0.25, 0.3) is 0 Å². The van der Waals surface area contributed by atoms with Crippen molar-refractivity contribution in [2.45, 2.75) is 18.9 Å². The van der Waals surface area contributed by atoms with Crippen LogP contribution in [0, 0.1) is 0 Å². The highest BCUT2D eigenvalue weighted by molar-refractivity contribution is 6.30. The summed E-state index contributed by atoms with van der Waals surface area (Å²) in [4.78, 5) is 0. The maximum absolute atomic E-state index is 9.38. The highest BCUT2D eigenvalue weighted by Crippen LogP contribution is 2.20. The fraction of sp³-hybridized carbons (Fsp3) is 0.500. The average Bonchev–Trinajstić information content (AvgIpc) is 2.30. The van der Waals surface area contributed by atoms with Gasteiger partial charge in [0, 0.05) is 24.4 Å². The molecule has 1 rings (SSSR count). The van der Waals surface area contributed by atoms with Crippen molar-refractivity contribution in [1.29, 1.82) is 0 Å². The number of benzene rings is 1. The lowest BCUT2D eigenvalue weighted by molar-refractivity contribution is 0.146. The molecule has 0 aliphatic carbocycles. The fourth-order valence-corrected chi connectivity index (χ4v) is 1.52. The summed E-state index contributed by atoms with van der Waals surface area (Å²) >= 11 is 5.80. The highest BCUT2D eigenvalue weighted by atomic mass is 35.5. The Morgan fingerprint density at radius 3 is 2.50 bits per heavy atom. The minimum atomic E-state index is -0.371. The minimum Gasteiger partial charge on any atom is -0.394 e. The molecular formula is C12H18ClNO2. The third-order valence-corrected chi connectivity index (χ3v) is 2.75. The van der Waals surface area contributed by atoms with Crippen LogP contribution in [0.4, 0.5) is 5.69 Å². The quantitative estimate of drug-likeness (QED) is 0.807. The molecule has 1 aromatic rings. The Morgan fingerprint density at radius 1 is 1.38 bits per heavy atom. The number of aliphatic hydroxyl groups excluding tert-OH is 1. The molecule has 1 atom stereocenters. The summed E-state index contributed by atoms with van der Waals surface area (Å²) in [5, 5.41) is 13.4. The molecule has 0 radical (unpaired) electrons. The van der Waals surface area contributed by atoms with Gasteiger partial charge < -0.3 is 15.2 Å². The van der Waals surface area contributed by atoms with Gasteiger partial charge in [-0.2, -0.15) is 0 Å². The van der Waals surface area contributed by atoms with E-state index in [9.17, 15) is 5.11 Å². The second kappa shape index (κ2) is 6.09. The van der Waals surface area contributed by atoms with Crippen molar-refractivity contribution in [3.05, 3.63) is 29.3 Å². The van der Waals surface area contributed by atoms with Crippen molar-refractivity contribution >= 4 is 17.3 Å². The van der Waals surface area contributed by atoms with E-state index in [2.05, 4.69) is 5.32 Å². The van der Waals surface area contributed by atoms with Gasteiger partial charge in [0.1, 0.15) is 0 Å². The zero-order valence-corrected chi connectivity index (χ0v) is 10.4. The van der Waals surface area contributed by atoms with E-state index in [-0.39, 0.29) is 12.1 Å². The van der Waals surface area contributed by atoms with Crippen molar-refractivity contribution in [1.82, 2.24) is 0 Å². The van der Waals surface area contributed by atoms with Crippen LogP contribution >= 0.6 is 11.6 Å². The number of aliphatic hydroxyl groups is 1. The van der Waals surface area contributed by atoms with Crippen LogP contribution in [0.1, 0.15) is 13.3 Å². The third-order valence-electron chi connectivity index (χ3n) is 2.50. The first-order chi connectivity index (χ1) is 7.59. The summed E-state index contributed by atoms with van der Waals surface area (Å²) in [7, 11) is 1.65. The number of ether oxygens (including phenoxy) is 1. The molecule has 0 amide bonds. The fourth-order valence-electron chi connectivity index (χ4n) is 1.39. The zero-order chi connectivity index (χ0) is 12.0. The predicted octanol–water partition coefficient (Wildman–Crippen LogP) is 2.54. The van der Waals surface area contributed by atoms with Gasteiger partial charge in [-0.3, -0.25) is 0 Å². The molecule has 1 aromatic carbocycles. The van der Waals surface area contributed by atoms with Gasteiger partial charge in [-0.25, -0.2) is 0 Å². The van der Waals surface area contributed by atoms with Gasteiger partial charge >= 0.3 is 0 Å². The van der Waals surface area contributed by atoms with Crippen LogP contribution in [0.15, 0.2) is 24.3 Å². The Bertz CT molecular complexity index is 315. The maximum Gasteiger partial charge on any atom is 0.0659 e. The zero-order valence-electron chi connectivity index (χ0n) is 9.66. The molecule has 2 N–H and O–H groups in total. The molecule has 0 aliphatic rings. The minimum absolute atomic E-state index is 0.0546. The molecule has 0 spiro atoms. The Kier molecular flexibility index (Phi) is 5.06. The van der Waals surface area contributed by atoms with E-state index in [1.165, 1.54) is 0 Å². The number of halogens is 1. The number of methoxy groups -OCH3 is 1. The Morgan fingerprint density at radius 2 is 2.00 bits per heavy atom. The lowest BCUT2D eigenvalue weighted by Gasteiger charge is -2.29. The average molecular weight is 244 g/mol. The van der Waals surface area contributed by atoms with Crippen molar-refractivity contribution in [2.75, 3.05) is 25.6 Å². The van der Waals surface area contributed by atoms with Crippen LogP contribution in [-0.4, -0.2) is 31.0 Å². The predicted molar refractivity (Wildman–Crippen MR) is 67.1 cm³/mol. The van der Waals surface area contributed by atoms with Crippen LogP contribution in [0.5, 0.6) is 0 Å². The summed E-state index contributed by atoms with van der Waals surface area (Å²) < 4.78 is 5.02. The maximum atomic E-state index is 9.38. The molecule has 0 saturated heterocycles. The van der Waals surface area contributed by atoms with Gasteiger partial charge in [-0.1, -0.05) is 11.6 Å². The standard InChI is InChI=1S/C12H18ClNO2/c1-12(9-15,7-8-16-2)14-11-5-3-10(13)4-6-11/h3-6,14-15H,7-9H2,1-2H3. The van der Waals surface area contributed by atoms with Crippen LogP contribution in [0.2, 0.25) is 5.02 Å². The van der Waals surface area contributed by atoms with Gasteiger partial charge in [0.05, 0.1) is 12.1 Å². The summed E-state index contributed by atoms with van der Waals surface area (Å²) in [5.41, 5.74) is 0.571. The van der Waals surface area contributed by atoms with Crippen molar-refractivity contribution in [3.8, 4) is 0 Å². The van der Waals surface area contributed by atoms with Crippen molar-refractivity contribution in [2.24, 2.45) is 0 Å². The SMILES string of the molecule is COCCC(C)(CO)Nc1ccc(Cl)cc1. The van der Waals surface area contributed by atoms with Crippen molar-refractivity contribution < 1.29 is 9.84 Å². The lowest BCUT2D eigenvalue weighted by Crippen LogP contribution is -2.39. The van der Waals surface area contributed by atoms with E-state index in [1.54, 1.807) is 7.11 Å². The summed E-state index contributed by atoms with van der Waals surface area (Å²) in [6.07, 6.45) is 0.739. The van der Waals surface area contributed by atoms with Gasteiger partial charge in [0.2, 0.25) is 0 Å². The summed E-state index contributed by atoms with van der Waals surface area (Å²) in [6, 6.07) is 7.42. The summed E-state index contributed by atoms with van der Waals surface area (Å²) in [6.45, 7) is 2.62. The molecule has 0 aromatic heterocycles. The van der Waals surface area contributed by atoms with Crippen LogP contribution in [-0.2, 0) is 4.74 Å². The molecule has 0 heterocycles. The number of rotatable bonds is 6. The smallest absolute Gasteiger partial charge is 0.0659 e. The van der Waals surface area contributed by atoms with E-state index >= 15 is 0 Å². The lowest BCUT2D eigenvalue weighted by atomic mass is 9.99. The van der Waals surface area contributed by atoms with E-state index < -0.39 is 0 Å². The summed E-state index contributed by atoms with van der Waals surface area (Å²) in [5.74, 6) is 0. The normalized spacial score (nSPS) is 14.5. The molecule has 0 aliphatic heterocycles. The molecule has 1 unspecified atom stereocenters. The Balaban J connectivity index is 2.64. The highest BCUT2D eigenvalue weighted by Gasteiger charge is 2.22. The Labute approximate surface area is 101 Å². The first kappa shape index (κ1) is 13.3.